The lowest BCUT2D eigenvalue weighted by atomic mass is 10.00. The molecule has 0 fully saturated rings. The Kier molecular flexibility index (Phi) is 3.44. The van der Waals surface area contributed by atoms with Crippen molar-refractivity contribution in [3.8, 4) is 11.8 Å². The smallest absolute Gasteiger partial charge is 0.183 e. The van der Waals surface area contributed by atoms with Crippen LogP contribution in [-0.4, -0.2) is 6.61 Å². The van der Waals surface area contributed by atoms with Crippen molar-refractivity contribution in [3.05, 3.63) is 59.2 Å². The molecule has 1 N–H and O–H groups in total. The van der Waals surface area contributed by atoms with Gasteiger partial charge in [0.25, 0.3) is 0 Å². The first-order valence-electron chi connectivity index (χ1n) is 6.57. The Morgan fingerprint density at radius 3 is 2.76 bits per heavy atom. The van der Waals surface area contributed by atoms with E-state index in [1.807, 2.05) is 24.3 Å². The molecule has 1 atom stereocenters. The number of halogens is 2. The summed E-state index contributed by atoms with van der Waals surface area (Å²) in [6.07, 6.45) is 0.651. The lowest BCUT2D eigenvalue weighted by molar-refractivity contribution is 0.274. The molecule has 3 rings (SSSR count). The molecule has 0 saturated carbocycles. The zero-order chi connectivity index (χ0) is 14.8. The molecule has 106 valence electrons. The number of benzene rings is 2. The van der Waals surface area contributed by atoms with E-state index in [2.05, 4.69) is 5.32 Å². The van der Waals surface area contributed by atoms with Gasteiger partial charge in [-0.15, -0.1) is 0 Å². The van der Waals surface area contributed by atoms with Gasteiger partial charge >= 0.3 is 0 Å². The summed E-state index contributed by atoms with van der Waals surface area (Å²) in [6.45, 7) is 0.509. The third-order valence-corrected chi connectivity index (χ3v) is 3.49. The second kappa shape index (κ2) is 5.41. The largest absolute Gasteiger partial charge is 0.493 e. The highest BCUT2D eigenvalue weighted by Crippen LogP contribution is 2.35. The zero-order valence-corrected chi connectivity index (χ0v) is 11.1. The molecule has 0 aromatic heterocycles. The van der Waals surface area contributed by atoms with E-state index in [-0.39, 0.29) is 17.3 Å². The number of hydrogen-bond acceptors (Lipinski definition) is 3. The second-order valence-electron chi connectivity index (χ2n) is 4.77. The van der Waals surface area contributed by atoms with E-state index in [9.17, 15) is 8.78 Å². The highest BCUT2D eigenvalue weighted by atomic mass is 19.2. The Bertz CT molecular complexity index is 725. The first kappa shape index (κ1) is 13.4. The molecular weight excluding hydrogens is 274 g/mol. The van der Waals surface area contributed by atoms with E-state index in [4.69, 9.17) is 10.00 Å². The molecule has 3 nitrogen and oxygen atoms in total. The van der Waals surface area contributed by atoms with Crippen LogP contribution in [0.3, 0.4) is 0 Å². The van der Waals surface area contributed by atoms with Gasteiger partial charge in [-0.25, -0.2) is 8.78 Å². The summed E-state index contributed by atoms with van der Waals surface area (Å²) >= 11 is 0. The molecule has 1 unspecified atom stereocenters. The quantitative estimate of drug-likeness (QED) is 0.914. The lowest BCUT2D eigenvalue weighted by Gasteiger charge is -2.27. The molecule has 0 radical (unpaired) electrons. The summed E-state index contributed by atoms with van der Waals surface area (Å²) in [5.41, 5.74) is 0.659. The number of nitriles is 1. The van der Waals surface area contributed by atoms with Crippen LogP contribution in [0, 0.1) is 23.0 Å². The number of fused-ring (bicyclic) bond motifs is 1. The Morgan fingerprint density at radius 2 is 1.95 bits per heavy atom. The van der Waals surface area contributed by atoms with Gasteiger partial charge in [0, 0.05) is 12.0 Å². The predicted octanol–water partition coefficient (Wildman–Crippen LogP) is 3.77. The van der Waals surface area contributed by atoms with E-state index < -0.39 is 11.6 Å². The average Bonchev–Trinajstić information content (AvgIpc) is 2.52. The second-order valence-corrected chi connectivity index (χ2v) is 4.77. The van der Waals surface area contributed by atoms with Crippen LogP contribution in [0.5, 0.6) is 5.75 Å². The predicted molar refractivity (Wildman–Crippen MR) is 74.0 cm³/mol. The summed E-state index contributed by atoms with van der Waals surface area (Å²) in [6, 6.07) is 11.6. The van der Waals surface area contributed by atoms with Gasteiger partial charge in [0.05, 0.1) is 23.9 Å². The van der Waals surface area contributed by atoms with Crippen LogP contribution in [0.25, 0.3) is 0 Å². The SMILES string of the molecule is N#Cc1ccc(NC2CCOc3ccccc32)c(F)c1F. The Morgan fingerprint density at radius 1 is 1.14 bits per heavy atom. The van der Waals surface area contributed by atoms with Gasteiger partial charge in [-0.2, -0.15) is 5.26 Å². The molecule has 0 spiro atoms. The molecule has 1 heterocycles. The minimum Gasteiger partial charge on any atom is -0.493 e. The Labute approximate surface area is 120 Å². The molecule has 2 aromatic rings. The lowest BCUT2D eigenvalue weighted by Crippen LogP contribution is -2.21. The summed E-state index contributed by atoms with van der Waals surface area (Å²) in [5.74, 6) is -1.41. The molecule has 0 bridgehead atoms. The van der Waals surface area contributed by atoms with Crippen molar-refractivity contribution in [3.63, 3.8) is 0 Å². The third-order valence-electron chi connectivity index (χ3n) is 3.49. The van der Waals surface area contributed by atoms with Crippen molar-refractivity contribution in [2.45, 2.75) is 12.5 Å². The fraction of sp³-hybridized carbons (Fsp3) is 0.188. The number of anilines is 1. The van der Waals surface area contributed by atoms with Gasteiger partial charge in [-0.05, 0) is 18.2 Å². The summed E-state index contributed by atoms with van der Waals surface area (Å²) in [4.78, 5) is 0. The maximum absolute atomic E-state index is 14.0. The first-order chi connectivity index (χ1) is 10.2. The van der Waals surface area contributed by atoms with Crippen LogP contribution in [0.15, 0.2) is 36.4 Å². The molecule has 0 aliphatic carbocycles. The summed E-state index contributed by atoms with van der Waals surface area (Å²) in [7, 11) is 0. The van der Waals surface area contributed by atoms with Crippen molar-refractivity contribution in [2.75, 3.05) is 11.9 Å². The number of rotatable bonds is 2. The number of hydrogen-bond donors (Lipinski definition) is 1. The van der Waals surface area contributed by atoms with Crippen LogP contribution >= 0.6 is 0 Å². The van der Waals surface area contributed by atoms with Gasteiger partial charge in [-0.1, -0.05) is 18.2 Å². The first-order valence-corrected chi connectivity index (χ1v) is 6.57. The zero-order valence-electron chi connectivity index (χ0n) is 11.1. The van der Waals surface area contributed by atoms with Crippen molar-refractivity contribution >= 4 is 5.69 Å². The standard InChI is InChI=1S/C16H12F2N2O/c17-15-10(9-19)5-6-13(16(15)18)20-12-7-8-21-14-4-2-1-3-11(12)14/h1-6,12,20H,7-8H2. The maximum atomic E-state index is 14.0. The molecular formula is C16H12F2N2O. The van der Waals surface area contributed by atoms with Gasteiger partial charge in [-0.3, -0.25) is 0 Å². The number of nitrogens with one attached hydrogen (secondary N) is 1. The number of ether oxygens (including phenoxy) is 1. The highest BCUT2D eigenvalue weighted by molar-refractivity contribution is 5.52. The Hall–Kier alpha value is -2.61. The van der Waals surface area contributed by atoms with E-state index >= 15 is 0 Å². The molecule has 1 aliphatic heterocycles. The van der Waals surface area contributed by atoms with Crippen molar-refractivity contribution in [1.29, 1.82) is 5.26 Å². The van der Waals surface area contributed by atoms with Crippen molar-refractivity contribution < 1.29 is 13.5 Å². The molecule has 2 aromatic carbocycles. The van der Waals surface area contributed by atoms with Crippen LogP contribution in [0.1, 0.15) is 23.6 Å². The number of nitrogens with zero attached hydrogens (tertiary/aromatic N) is 1. The molecule has 1 aliphatic rings. The van der Waals surface area contributed by atoms with Crippen LogP contribution in [0.4, 0.5) is 14.5 Å². The normalized spacial score (nSPS) is 16.5. The minimum atomic E-state index is -1.12. The van der Waals surface area contributed by atoms with Gasteiger partial charge < -0.3 is 10.1 Å². The minimum absolute atomic E-state index is 0.0493. The summed E-state index contributed by atoms with van der Waals surface area (Å²) < 4.78 is 33.1. The third kappa shape index (κ3) is 2.40. The van der Waals surface area contributed by atoms with E-state index in [0.29, 0.717) is 13.0 Å². The van der Waals surface area contributed by atoms with Crippen LogP contribution in [-0.2, 0) is 0 Å². The average molecular weight is 286 g/mol. The maximum Gasteiger partial charge on any atom is 0.183 e. The van der Waals surface area contributed by atoms with E-state index in [1.165, 1.54) is 12.1 Å². The molecule has 0 amide bonds. The molecule has 5 heteroatoms. The van der Waals surface area contributed by atoms with Crippen molar-refractivity contribution in [1.82, 2.24) is 0 Å². The number of para-hydroxylation sites is 1. The monoisotopic (exact) mass is 286 g/mol. The highest BCUT2D eigenvalue weighted by Gasteiger charge is 2.23. The summed E-state index contributed by atoms with van der Waals surface area (Å²) in [5, 5.41) is 11.7. The van der Waals surface area contributed by atoms with Gasteiger partial charge in [0.1, 0.15) is 11.8 Å². The van der Waals surface area contributed by atoms with Gasteiger partial charge in [0.2, 0.25) is 0 Å². The van der Waals surface area contributed by atoms with E-state index in [0.717, 1.165) is 11.3 Å². The molecule has 0 saturated heterocycles. The Balaban J connectivity index is 1.92. The molecule has 21 heavy (non-hydrogen) atoms. The fourth-order valence-electron chi connectivity index (χ4n) is 2.43. The van der Waals surface area contributed by atoms with Gasteiger partial charge in [0.15, 0.2) is 11.6 Å². The fourth-order valence-corrected chi connectivity index (χ4v) is 2.43. The van der Waals surface area contributed by atoms with E-state index in [1.54, 1.807) is 6.07 Å². The van der Waals surface area contributed by atoms with Crippen LogP contribution < -0.4 is 10.1 Å². The van der Waals surface area contributed by atoms with Crippen LogP contribution in [0.2, 0.25) is 0 Å². The van der Waals surface area contributed by atoms with Crippen molar-refractivity contribution in [2.24, 2.45) is 0 Å². The topological polar surface area (TPSA) is 45.0 Å².